The molecular weight excluding hydrogens is 269 g/mol. The molecule has 1 aliphatic carbocycles. The van der Waals surface area contributed by atoms with Crippen LogP contribution in [0.2, 0.25) is 0 Å². The van der Waals surface area contributed by atoms with Crippen LogP contribution in [0.3, 0.4) is 0 Å². The maximum Gasteiger partial charge on any atom is 0.123 e. The Morgan fingerprint density at radius 1 is 1.29 bits per heavy atom. The average Bonchev–Trinajstić information content (AvgIpc) is 2.52. The first-order valence-electron chi connectivity index (χ1n) is 7.63. The zero-order valence-electron chi connectivity index (χ0n) is 12.4. The molecule has 3 rings (SSSR count). The molecule has 1 aromatic carbocycles. The molecule has 1 aromatic rings. The van der Waals surface area contributed by atoms with Crippen LogP contribution in [0, 0.1) is 11.7 Å². The molecule has 2 atom stereocenters. The van der Waals surface area contributed by atoms with Crippen molar-refractivity contribution < 1.29 is 13.9 Å². The lowest BCUT2D eigenvalue weighted by Gasteiger charge is -2.38. The third-order valence-corrected chi connectivity index (χ3v) is 4.33. The van der Waals surface area contributed by atoms with Crippen LogP contribution in [0.15, 0.2) is 35.5 Å². The number of fused-ring (bicyclic) bond motifs is 1. The maximum absolute atomic E-state index is 13.0. The first-order chi connectivity index (χ1) is 10.3. The molecule has 1 aliphatic heterocycles. The largest absolute Gasteiger partial charge is 0.384 e. The Labute approximate surface area is 125 Å². The molecule has 114 valence electrons. The number of allylic oxidation sites excluding steroid dienone is 1. The topological polar surface area (TPSA) is 30.5 Å². The van der Waals surface area contributed by atoms with Crippen LogP contribution >= 0.6 is 0 Å². The summed E-state index contributed by atoms with van der Waals surface area (Å²) in [6.45, 7) is 1.58. The third-order valence-electron chi connectivity index (χ3n) is 4.33. The van der Waals surface area contributed by atoms with Gasteiger partial charge in [0.05, 0.1) is 12.7 Å². The molecule has 21 heavy (non-hydrogen) atoms. The monoisotopic (exact) mass is 291 g/mol. The van der Waals surface area contributed by atoms with E-state index < -0.39 is 0 Å². The Morgan fingerprint density at radius 2 is 2.10 bits per heavy atom. The standard InChI is InChI=1S/C17H22FNO2/c1-20-11-12-4-9-16(15-3-2-10-21-17(12)15)19-14-7-5-13(18)6-8-14/h5-8,12,17,19H,2-4,9-11H2,1H3. The van der Waals surface area contributed by atoms with Crippen LogP contribution in [0.5, 0.6) is 0 Å². The molecule has 3 nitrogen and oxygen atoms in total. The fourth-order valence-electron chi connectivity index (χ4n) is 3.34. The average molecular weight is 291 g/mol. The minimum absolute atomic E-state index is 0.176. The summed E-state index contributed by atoms with van der Waals surface area (Å²) in [5.74, 6) is 0.241. The summed E-state index contributed by atoms with van der Waals surface area (Å²) < 4.78 is 24.3. The van der Waals surface area contributed by atoms with Crippen molar-refractivity contribution >= 4 is 5.69 Å². The highest BCUT2D eigenvalue weighted by Crippen LogP contribution is 2.37. The van der Waals surface area contributed by atoms with Crippen LogP contribution in [-0.4, -0.2) is 26.4 Å². The van der Waals surface area contributed by atoms with Gasteiger partial charge in [-0.1, -0.05) is 0 Å². The molecule has 0 radical (unpaired) electrons. The van der Waals surface area contributed by atoms with E-state index >= 15 is 0 Å². The second kappa shape index (κ2) is 6.58. The number of anilines is 1. The number of methoxy groups -OCH3 is 1. The predicted octanol–water partition coefficient (Wildman–Crippen LogP) is 3.73. The van der Waals surface area contributed by atoms with Crippen molar-refractivity contribution in [2.24, 2.45) is 5.92 Å². The number of hydrogen-bond acceptors (Lipinski definition) is 3. The van der Waals surface area contributed by atoms with Crippen molar-refractivity contribution in [1.29, 1.82) is 0 Å². The molecule has 0 aromatic heterocycles. The van der Waals surface area contributed by atoms with Gasteiger partial charge in [-0.05, 0) is 55.5 Å². The number of hydrogen-bond donors (Lipinski definition) is 1. The second-order valence-electron chi connectivity index (χ2n) is 5.78. The minimum Gasteiger partial charge on any atom is -0.384 e. The quantitative estimate of drug-likeness (QED) is 0.917. The fourth-order valence-corrected chi connectivity index (χ4v) is 3.34. The summed E-state index contributed by atoms with van der Waals surface area (Å²) in [6.07, 6.45) is 4.39. The van der Waals surface area contributed by atoms with Gasteiger partial charge in [-0.3, -0.25) is 0 Å². The van der Waals surface area contributed by atoms with Gasteiger partial charge in [0.2, 0.25) is 0 Å². The highest BCUT2D eigenvalue weighted by Gasteiger charge is 2.34. The molecule has 2 unspecified atom stereocenters. The molecule has 1 saturated heterocycles. The summed E-state index contributed by atoms with van der Waals surface area (Å²) in [6, 6.07) is 6.53. The van der Waals surface area contributed by atoms with Gasteiger partial charge in [-0.15, -0.1) is 0 Å². The third kappa shape index (κ3) is 3.27. The minimum atomic E-state index is -0.208. The van der Waals surface area contributed by atoms with E-state index in [2.05, 4.69) is 5.32 Å². The predicted molar refractivity (Wildman–Crippen MR) is 80.6 cm³/mol. The number of benzene rings is 1. The van der Waals surface area contributed by atoms with Gasteiger partial charge in [-0.2, -0.15) is 0 Å². The van der Waals surface area contributed by atoms with E-state index in [1.165, 1.54) is 23.4 Å². The molecule has 1 N–H and O–H groups in total. The molecule has 0 bridgehead atoms. The molecular formula is C17H22FNO2. The SMILES string of the molecule is COCC1CCC(Nc2ccc(F)cc2)=C2CCCOC21. The lowest BCUT2D eigenvalue weighted by molar-refractivity contribution is -0.0187. The van der Waals surface area contributed by atoms with Crippen molar-refractivity contribution in [3.63, 3.8) is 0 Å². The van der Waals surface area contributed by atoms with Crippen molar-refractivity contribution in [1.82, 2.24) is 0 Å². The first-order valence-corrected chi connectivity index (χ1v) is 7.63. The maximum atomic E-state index is 13.0. The van der Waals surface area contributed by atoms with E-state index in [0.717, 1.165) is 44.6 Å². The summed E-state index contributed by atoms with van der Waals surface area (Å²) in [5, 5.41) is 3.46. The van der Waals surface area contributed by atoms with E-state index in [1.807, 2.05) is 0 Å². The van der Waals surface area contributed by atoms with Crippen molar-refractivity contribution in [3.05, 3.63) is 41.4 Å². The van der Waals surface area contributed by atoms with Gasteiger partial charge < -0.3 is 14.8 Å². The summed E-state index contributed by atoms with van der Waals surface area (Å²) in [7, 11) is 1.75. The van der Waals surface area contributed by atoms with Crippen molar-refractivity contribution in [2.75, 3.05) is 25.6 Å². The number of rotatable bonds is 4. The Hall–Kier alpha value is -1.39. The second-order valence-corrected chi connectivity index (χ2v) is 5.78. The van der Waals surface area contributed by atoms with Gasteiger partial charge in [0.1, 0.15) is 5.82 Å². The summed E-state index contributed by atoms with van der Waals surface area (Å²) in [5.41, 5.74) is 3.56. The van der Waals surface area contributed by atoms with Gasteiger partial charge in [0, 0.05) is 31.0 Å². The van der Waals surface area contributed by atoms with E-state index in [0.29, 0.717) is 5.92 Å². The Morgan fingerprint density at radius 3 is 2.86 bits per heavy atom. The molecule has 1 fully saturated rings. The molecule has 0 amide bonds. The van der Waals surface area contributed by atoms with E-state index in [4.69, 9.17) is 9.47 Å². The highest BCUT2D eigenvalue weighted by atomic mass is 19.1. The Balaban J connectivity index is 1.80. The normalized spacial score (nSPS) is 25.6. The van der Waals surface area contributed by atoms with Gasteiger partial charge in [0.25, 0.3) is 0 Å². The van der Waals surface area contributed by atoms with Crippen LogP contribution in [0.4, 0.5) is 10.1 Å². The Kier molecular flexibility index (Phi) is 4.56. The van der Waals surface area contributed by atoms with Crippen molar-refractivity contribution in [3.8, 4) is 0 Å². The number of nitrogens with one attached hydrogen (secondary N) is 1. The van der Waals surface area contributed by atoms with Gasteiger partial charge in [0.15, 0.2) is 0 Å². The zero-order chi connectivity index (χ0) is 14.7. The van der Waals surface area contributed by atoms with E-state index in [9.17, 15) is 4.39 Å². The zero-order valence-corrected chi connectivity index (χ0v) is 12.4. The van der Waals surface area contributed by atoms with Gasteiger partial charge in [-0.25, -0.2) is 4.39 Å². The van der Waals surface area contributed by atoms with E-state index in [1.54, 1.807) is 19.2 Å². The number of halogens is 1. The molecule has 0 saturated carbocycles. The van der Waals surface area contributed by atoms with Gasteiger partial charge >= 0.3 is 0 Å². The van der Waals surface area contributed by atoms with Crippen LogP contribution in [0.25, 0.3) is 0 Å². The molecule has 0 spiro atoms. The molecule has 4 heteroatoms. The first kappa shape index (κ1) is 14.5. The molecule has 2 aliphatic rings. The lowest BCUT2D eigenvalue weighted by atomic mass is 9.81. The van der Waals surface area contributed by atoms with Crippen LogP contribution in [0.1, 0.15) is 25.7 Å². The molecule has 1 heterocycles. The lowest BCUT2D eigenvalue weighted by Crippen LogP contribution is -2.37. The van der Waals surface area contributed by atoms with Crippen molar-refractivity contribution in [2.45, 2.75) is 31.8 Å². The highest BCUT2D eigenvalue weighted by molar-refractivity contribution is 5.50. The smallest absolute Gasteiger partial charge is 0.123 e. The summed E-state index contributed by atoms with van der Waals surface area (Å²) in [4.78, 5) is 0. The Bertz CT molecular complexity index is 512. The van der Waals surface area contributed by atoms with E-state index in [-0.39, 0.29) is 11.9 Å². The summed E-state index contributed by atoms with van der Waals surface area (Å²) >= 11 is 0. The van der Waals surface area contributed by atoms with Crippen LogP contribution < -0.4 is 5.32 Å². The number of ether oxygens (including phenoxy) is 2. The fraction of sp³-hybridized carbons (Fsp3) is 0.529. The van der Waals surface area contributed by atoms with Crippen LogP contribution in [-0.2, 0) is 9.47 Å².